The zero-order valence-electron chi connectivity index (χ0n) is 11.0. The van der Waals surface area contributed by atoms with E-state index < -0.39 is 5.97 Å². The summed E-state index contributed by atoms with van der Waals surface area (Å²) in [4.78, 5) is 11.8. The highest BCUT2D eigenvalue weighted by atomic mass is 32.2. The second-order valence-electron chi connectivity index (χ2n) is 4.05. The molecule has 0 aromatic heterocycles. The van der Waals surface area contributed by atoms with Crippen LogP contribution in [0.5, 0.6) is 11.5 Å². The standard InChI is InChI=1S/C13H18O4S/c1-8(2)18-12-7-10(16-3)9(6-13(14)15)5-11(12)17-4/h5,7-8H,6H2,1-4H3,(H,14,15). The van der Waals surface area contributed by atoms with Gasteiger partial charge in [-0.25, -0.2) is 0 Å². The summed E-state index contributed by atoms with van der Waals surface area (Å²) < 4.78 is 10.5. The molecule has 0 saturated heterocycles. The van der Waals surface area contributed by atoms with Gasteiger partial charge in [0.25, 0.3) is 0 Å². The summed E-state index contributed by atoms with van der Waals surface area (Å²) in [6.45, 7) is 4.17. The van der Waals surface area contributed by atoms with Gasteiger partial charge in [0.05, 0.1) is 25.5 Å². The lowest BCUT2D eigenvalue weighted by molar-refractivity contribution is -0.136. The summed E-state index contributed by atoms with van der Waals surface area (Å²) in [5.41, 5.74) is 0.620. The van der Waals surface area contributed by atoms with Crippen LogP contribution < -0.4 is 9.47 Å². The quantitative estimate of drug-likeness (QED) is 0.805. The number of carboxylic acid groups (broad SMARTS) is 1. The molecule has 0 saturated carbocycles. The van der Waals surface area contributed by atoms with Crippen molar-refractivity contribution in [2.75, 3.05) is 14.2 Å². The first kappa shape index (κ1) is 14.7. The maximum atomic E-state index is 10.8. The molecule has 1 N–H and O–H groups in total. The first-order valence-corrected chi connectivity index (χ1v) is 6.49. The average Bonchev–Trinajstić information content (AvgIpc) is 2.29. The number of carbonyl (C=O) groups is 1. The number of methoxy groups -OCH3 is 2. The van der Waals surface area contributed by atoms with E-state index in [0.29, 0.717) is 22.3 Å². The van der Waals surface area contributed by atoms with E-state index in [1.165, 1.54) is 7.11 Å². The molecular weight excluding hydrogens is 252 g/mol. The largest absolute Gasteiger partial charge is 0.496 e. The molecular formula is C13H18O4S. The van der Waals surface area contributed by atoms with Gasteiger partial charge in [-0.3, -0.25) is 4.79 Å². The highest BCUT2D eigenvalue weighted by Gasteiger charge is 2.14. The molecule has 0 spiro atoms. The van der Waals surface area contributed by atoms with Crippen molar-refractivity contribution in [3.8, 4) is 11.5 Å². The van der Waals surface area contributed by atoms with Crippen LogP contribution in [-0.4, -0.2) is 30.5 Å². The molecule has 0 unspecified atom stereocenters. The minimum Gasteiger partial charge on any atom is -0.496 e. The predicted octanol–water partition coefficient (Wildman–Crippen LogP) is 2.83. The number of carboxylic acids is 1. The Balaban J connectivity index is 3.18. The number of rotatable bonds is 6. The van der Waals surface area contributed by atoms with Gasteiger partial charge in [-0.15, -0.1) is 11.8 Å². The van der Waals surface area contributed by atoms with Gasteiger partial charge in [0, 0.05) is 10.8 Å². The van der Waals surface area contributed by atoms with Crippen LogP contribution >= 0.6 is 11.8 Å². The highest BCUT2D eigenvalue weighted by molar-refractivity contribution is 8.00. The topological polar surface area (TPSA) is 55.8 Å². The van der Waals surface area contributed by atoms with Gasteiger partial charge in [0.15, 0.2) is 0 Å². The Morgan fingerprint density at radius 2 is 1.89 bits per heavy atom. The monoisotopic (exact) mass is 270 g/mol. The number of ether oxygens (including phenoxy) is 2. The van der Waals surface area contributed by atoms with Crippen molar-refractivity contribution in [2.45, 2.75) is 30.4 Å². The van der Waals surface area contributed by atoms with Gasteiger partial charge in [0.1, 0.15) is 11.5 Å². The third-order valence-electron chi connectivity index (χ3n) is 2.27. The highest BCUT2D eigenvalue weighted by Crippen LogP contribution is 2.37. The molecule has 1 aromatic carbocycles. The van der Waals surface area contributed by atoms with Crippen LogP contribution in [-0.2, 0) is 11.2 Å². The second-order valence-corrected chi connectivity index (χ2v) is 5.67. The molecule has 0 aliphatic heterocycles. The summed E-state index contributed by atoms with van der Waals surface area (Å²) in [5.74, 6) is 0.381. The zero-order chi connectivity index (χ0) is 13.7. The van der Waals surface area contributed by atoms with E-state index >= 15 is 0 Å². The zero-order valence-corrected chi connectivity index (χ0v) is 11.8. The van der Waals surface area contributed by atoms with Crippen molar-refractivity contribution >= 4 is 17.7 Å². The molecule has 4 nitrogen and oxygen atoms in total. The Labute approximate surface area is 111 Å². The molecule has 0 atom stereocenters. The number of hydrogen-bond acceptors (Lipinski definition) is 4. The lowest BCUT2D eigenvalue weighted by Crippen LogP contribution is -2.03. The molecule has 1 aromatic rings. The number of aliphatic carboxylic acids is 1. The summed E-state index contributed by atoms with van der Waals surface area (Å²) in [5, 5.41) is 9.27. The average molecular weight is 270 g/mol. The van der Waals surface area contributed by atoms with Crippen LogP contribution in [0, 0.1) is 0 Å². The predicted molar refractivity (Wildman–Crippen MR) is 71.9 cm³/mol. The first-order chi connectivity index (χ1) is 8.47. The Kier molecular flexibility index (Phi) is 5.34. The molecule has 0 aliphatic rings. The Morgan fingerprint density at radius 3 is 2.33 bits per heavy atom. The van der Waals surface area contributed by atoms with Gasteiger partial charge in [0.2, 0.25) is 0 Å². The van der Waals surface area contributed by atoms with Gasteiger partial charge in [-0.1, -0.05) is 13.8 Å². The van der Waals surface area contributed by atoms with E-state index in [0.717, 1.165) is 4.90 Å². The smallest absolute Gasteiger partial charge is 0.307 e. The SMILES string of the molecule is COc1cc(SC(C)C)c(OC)cc1CC(=O)O. The third-order valence-corrected chi connectivity index (χ3v) is 3.32. The summed E-state index contributed by atoms with van der Waals surface area (Å²) in [7, 11) is 3.12. The number of thioether (sulfide) groups is 1. The van der Waals surface area contributed by atoms with E-state index in [1.54, 1.807) is 24.9 Å². The molecule has 18 heavy (non-hydrogen) atoms. The maximum Gasteiger partial charge on any atom is 0.307 e. The van der Waals surface area contributed by atoms with Crippen LogP contribution in [0.25, 0.3) is 0 Å². The fourth-order valence-electron chi connectivity index (χ4n) is 1.58. The fourth-order valence-corrected chi connectivity index (χ4v) is 2.52. The summed E-state index contributed by atoms with van der Waals surface area (Å²) >= 11 is 1.65. The van der Waals surface area contributed by atoms with Crippen molar-refractivity contribution in [2.24, 2.45) is 0 Å². The molecule has 1 rings (SSSR count). The minimum absolute atomic E-state index is 0.0772. The summed E-state index contributed by atoms with van der Waals surface area (Å²) in [6.07, 6.45) is -0.0772. The third kappa shape index (κ3) is 3.84. The molecule has 0 amide bonds. The van der Waals surface area contributed by atoms with Gasteiger partial charge < -0.3 is 14.6 Å². The van der Waals surface area contributed by atoms with E-state index in [9.17, 15) is 4.79 Å². The van der Waals surface area contributed by atoms with Crippen molar-refractivity contribution in [1.82, 2.24) is 0 Å². The molecule has 0 radical (unpaired) electrons. The van der Waals surface area contributed by atoms with Crippen LogP contribution in [0.3, 0.4) is 0 Å². The number of benzene rings is 1. The van der Waals surface area contributed by atoms with E-state index in [4.69, 9.17) is 14.6 Å². The van der Waals surface area contributed by atoms with Crippen LogP contribution in [0.1, 0.15) is 19.4 Å². The van der Waals surface area contributed by atoms with Crippen molar-refractivity contribution in [3.05, 3.63) is 17.7 Å². The summed E-state index contributed by atoms with van der Waals surface area (Å²) in [6, 6.07) is 3.57. The van der Waals surface area contributed by atoms with Crippen molar-refractivity contribution in [1.29, 1.82) is 0 Å². The van der Waals surface area contributed by atoms with Gasteiger partial charge >= 0.3 is 5.97 Å². The van der Waals surface area contributed by atoms with E-state index in [2.05, 4.69) is 13.8 Å². The lowest BCUT2D eigenvalue weighted by Gasteiger charge is -2.15. The molecule has 0 aliphatic carbocycles. The van der Waals surface area contributed by atoms with Crippen LogP contribution in [0.4, 0.5) is 0 Å². The van der Waals surface area contributed by atoms with E-state index in [1.807, 2.05) is 6.07 Å². The maximum absolute atomic E-state index is 10.8. The minimum atomic E-state index is -0.889. The van der Waals surface area contributed by atoms with Crippen LogP contribution in [0.2, 0.25) is 0 Å². The number of hydrogen-bond donors (Lipinski definition) is 1. The lowest BCUT2D eigenvalue weighted by atomic mass is 10.1. The Hall–Kier alpha value is -1.36. The molecule has 0 fully saturated rings. The Bertz CT molecular complexity index is 429. The van der Waals surface area contributed by atoms with Crippen molar-refractivity contribution in [3.63, 3.8) is 0 Å². The van der Waals surface area contributed by atoms with Gasteiger partial charge in [-0.2, -0.15) is 0 Å². The fraction of sp³-hybridized carbons (Fsp3) is 0.462. The van der Waals surface area contributed by atoms with E-state index in [-0.39, 0.29) is 6.42 Å². The Morgan fingerprint density at radius 1 is 1.28 bits per heavy atom. The normalized spacial score (nSPS) is 10.5. The molecule has 0 heterocycles. The second kappa shape index (κ2) is 6.54. The molecule has 5 heteroatoms. The molecule has 100 valence electrons. The molecule has 0 bridgehead atoms. The van der Waals surface area contributed by atoms with Crippen molar-refractivity contribution < 1.29 is 19.4 Å². The van der Waals surface area contributed by atoms with Gasteiger partial charge in [-0.05, 0) is 12.1 Å². The first-order valence-electron chi connectivity index (χ1n) is 5.61. The van der Waals surface area contributed by atoms with Crippen LogP contribution in [0.15, 0.2) is 17.0 Å².